The van der Waals surface area contributed by atoms with Crippen LogP contribution >= 0.6 is 11.6 Å². The van der Waals surface area contributed by atoms with Crippen molar-refractivity contribution in [2.24, 2.45) is 17.1 Å². The number of ether oxygens (including phenoxy) is 1. The predicted molar refractivity (Wildman–Crippen MR) is 125 cm³/mol. The van der Waals surface area contributed by atoms with Gasteiger partial charge in [0, 0.05) is 17.6 Å². The van der Waals surface area contributed by atoms with Crippen LogP contribution in [0.2, 0.25) is 5.02 Å². The molecule has 2 aromatic rings. The lowest BCUT2D eigenvalue weighted by Crippen LogP contribution is -2.51. The molecule has 1 aliphatic carbocycles. The van der Waals surface area contributed by atoms with Crippen molar-refractivity contribution in [1.29, 1.82) is 0 Å². The number of aromatic nitrogens is 1. The van der Waals surface area contributed by atoms with E-state index in [0.29, 0.717) is 34.9 Å². The van der Waals surface area contributed by atoms with Gasteiger partial charge < -0.3 is 15.5 Å². The highest BCUT2D eigenvalue weighted by molar-refractivity contribution is 7.91. The topological polar surface area (TPSA) is 102 Å². The maximum atomic E-state index is 12.0. The third kappa shape index (κ3) is 4.50. The number of rotatable bonds is 5. The Hall–Kier alpha value is -1.57. The van der Waals surface area contributed by atoms with Crippen LogP contribution in [0.5, 0.6) is 5.75 Å². The van der Waals surface area contributed by atoms with Crippen molar-refractivity contribution in [3.63, 3.8) is 0 Å². The van der Waals surface area contributed by atoms with E-state index in [1.807, 2.05) is 12.1 Å². The largest absolute Gasteiger partial charge is 0.489 e. The van der Waals surface area contributed by atoms with E-state index in [2.05, 4.69) is 11.9 Å². The number of nitrogens with one attached hydrogen (secondary N) is 1. The number of nitrogens with two attached hydrogens (primary N) is 1. The average Bonchev–Trinajstić information content (AvgIpc) is 2.75. The molecule has 1 atom stereocenters. The van der Waals surface area contributed by atoms with E-state index >= 15 is 0 Å². The summed E-state index contributed by atoms with van der Waals surface area (Å²) in [5, 5.41) is 1.78. The van der Waals surface area contributed by atoms with Crippen LogP contribution in [-0.2, 0) is 9.84 Å². The molecule has 8 heteroatoms. The SMILES string of the molecule is CCC(N)[C@]1(C2CCS(=O)(=O)CC2)CC[C@H](Oc2cc3cc[nH]c(=O)c3cc2Cl)CC1. The first-order valence-corrected chi connectivity index (χ1v) is 13.4. The summed E-state index contributed by atoms with van der Waals surface area (Å²) in [6.07, 6.45) is 7.56. The second-order valence-electron chi connectivity index (χ2n) is 9.17. The summed E-state index contributed by atoms with van der Waals surface area (Å²) in [4.78, 5) is 14.6. The molecule has 6 nitrogen and oxygen atoms in total. The van der Waals surface area contributed by atoms with Gasteiger partial charge in [0.25, 0.3) is 5.56 Å². The number of sulfone groups is 1. The van der Waals surface area contributed by atoms with Gasteiger partial charge in [0.1, 0.15) is 15.6 Å². The summed E-state index contributed by atoms with van der Waals surface area (Å²) in [6.45, 7) is 2.12. The molecule has 0 amide bonds. The lowest BCUT2D eigenvalue weighted by atomic mass is 9.59. The smallest absolute Gasteiger partial charge is 0.255 e. The molecular weight excluding hydrogens is 436 g/mol. The highest BCUT2D eigenvalue weighted by Crippen LogP contribution is 2.50. The van der Waals surface area contributed by atoms with Crippen LogP contribution in [0, 0.1) is 11.3 Å². The molecule has 1 aromatic heterocycles. The third-order valence-corrected chi connectivity index (χ3v) is 9.54. The van der Waals surface area contributed by atoms with Crippen molar-refractivity contribution in [2.75, 3.05) is 11.5 Å². The quantitative estimate of drug-likeness (QED) is 0.691. The molecule has 31 heavy (non-hydrogen) atoms. The number of hydrogen-bond acceptors (Lipinski definition) is 5. The molecule has 3 N–H and O–H groups in total. The van der Waals surface area contributed by atoms with Crippen LogP contribution in [0.1, 0.15) is 51.9 Å². The van der Waals surface area contributed by atoms with Crippen LogP contribution in [-0.4, -0.2) is 37.1 Å². The van der Waals surface area contributed by atoms with Gasteiger partial charge in [-0.25, -0.2) is 8.42 Å². The molecule has 0 bridgehead atoms. The number of pyridine rings is 1. The van der Waals surface area contributed by atoms with Gasteiger partial charge in [0.05, 0.1) is 22.6 Å². The minimum atomic E-state index is -2.90. The van der Waals surface area contributed by atoms with E-state index in [0.717, 1.165) is 37.5 Å². The fraction of sp³-hybridized carbons (Fsp3) is 0.609. The van der Waals surface area contributed by atoms with Crippen molar-refractivity contribution in [3.8, 4) is 5.75 Å². The number of benzene rings is 1. The summed E-state index contributed by atoms with van der Waals surface area (Å²) in [5.41, 5.74) is 6.44. The summed E-state index contributed by atoms with van der Waals surface area (Å²) < 4.78 is 30.2. The maximum absolute atomic E-state index is 12.0. The Kier molecular flexibility index (Phi) is 6.39. The second kappa shape index (κ2) is 8.75. The molecule has 2 aliphatic rings. The van der Waals surface area contributed by atoms with Gasteiger partial charge in [0.15, 0.2) is 0 Å². The number of aromatic amines is 1. The van der Waals surface area contributed by atoms with Crippen LogP contribution in [0.3, 0.4) is 0 Å². The van der Waals surface area contributed by atoms with E-state index in [-0.39, 0.29) is 34.6 Å². The zero-order chi connectivity index (χ0) is 22.2. The standard InChI is InChI=1S/C23H31ClN2O4S/c1-2-21(25)23(16-6-11-31(28,29)12-7-16)8-3-17(4-9-23)30-20-13-15-5-10-26-22(27)18(15)14-19(20)24/h5,10,13-14,16-17,21H,2-4,6-9,11-12,25H2,1H3,(H,26,27)/t17-,21?,23+. The van der Waals surface area contributed by atoms with E-state index in [1.54, 1.807) is 12.3 Å². The van der Waals surface area contributed by atoms with Gasteiger partial charge in [-0.1, -0.05) is 18.5 Å². The molecule has 1 saturated heterocycles. The van der Waals surface area contributed by atoms with E-state index in [9.17, 15) is 13.2 Å². The number of hydrogen-bond donors (Lipinski definition) is 2. The number of fused-ring (bicyclic) bond motifs is 1. The second-order valence-corrected chi connectivity index (χ2v) is 11.9. The van der Waals surface area contributed by atoms with Crippen molar-refractivity contribution in [3.05, 3.63) is 39.8 Å². The van der Waals surface area contributed by atoms with Crippen molar-refractivity contribution in [2.45, 2.75) is 64.0 Å². The molecule has 0 spiro atoms. The molecule has 1 aromatic carbocycles. The third-order valence-electron chi connectivity index (χ3n) is 7.53. The zero-order valence-electron chi connectivity index (χ0n) is 17.9. The Labute approximate surface area is 188 Å². The first-order valence-electron chi connectivity index (χ1n) is 11.2. The fourth-order valence-electron chi connectivity index (χ4n) is 5.66. The Balaban J connectivity index is 1.49. The predicted octanol–water partition coefficient (Wildman–Crippen LogP) is 4.05. The molecule has 2 heterocycles. The minimum absolute atomic E-state index is 0.0228. The monoisotopic (exact) mass is 466 g/mol. The zero-order valence-corrected chi connectivity index (χ0v) is 19.5. The highest BCUT2D eigenvalue weighted by atomic mass is 35.5. The van der Waals surface area contributed by atoms with Gasteiger partial charge in [-0.2, -0.15) is 0 Å². The lowest BCUT2D eigenvalue weighted by Gasteiger charge is -2.50. The molecule has 170 valence electrons. The van der Waals surface area contributed by atoms with Crippen LogP contribution < -0.4 is 16.0 Å². The molecule has 0 radical (unpaired) electrons. The van der Waals surface area contributed by atoms with Gasteiger partial charge in [-0.15, -0.1) is 0 Å². The van der Waals surface area contributed by atoms with Gasteiger partial charge >= 0.3 is 0 Å². The lowest BCUT2D eigenvalue weighted by molar-refractivity contribution is 0.00958. The Morgan fingerprint density at radius 3 is 2.55 bits per heavy atom. The molecule has 1 unspecified atom stereocenters. The van der Waals surface area contributed by atoms with Gasteiger partial charge in [0.2, 0.25) is 0 Å². The molecule has 2 fully saturated rings. The Morgan fingerprint density at radius 1 is 1.23 bits per heavy atom. The minimum Gasteiger partial charge on any atom is -0.489 e. The highest BCUT2D eigenvalue weighted by Gasteiger charge is 2.47. The van der Waals surface area contributed by atoms with Crippen molar-refractivity contribution >= 4 is 32.2 Å². The Morgan fingerprint density at radius 2 is 1.90 bits per heavy atom. The van der Waals surface area contributed by atoms with Gasteiger partial charge in [-0.3, -0.25) is 4.79 Å². The van der Waals surface area contributed by atoms with Crippen LogP contribution in [0.15, 0.2) is 29.2 Å². The van der Waals surface area contributed by atoms with Crippen molar-refractivity contribution < 1.29 is 13.2 Å². The molecule has 4 rings (SSSR count). The summed E-state index contributed by atoms with van der Waals surface area (Å²) >= 11 is 6.42. The van der Waals surface area contributed by atoms with Gasteiger partial charge in [-0.05, 0) is 79.9 Å². The van der Waals surface area contributed by atoms with E-state index < -0.39 is 9.84 Å². The van der Waals surface area contributed by atoms with Crippen molar-refractivity contribution in [1.82, 2.24) is 4.98 Å². The van der Waals surface area contributed by atoms with Crippen LogP contribution in [0.25, 0.3) is 10.8 Å². The average molecular weight is 467 g/mol. The molecule has 1 saturated carbocycles. The maximum Gasteiger partial charge on any atom is 0.255 e. The normalized spacial score (nSPS) is 27.8. The Bertz CT molecular complexity index is 1090. The van der Waals surface area contributed by atoms with E-state index in [4.69, 9.17) is 22.1 Å². The molecule has 1 aliphatic heterocycles. The fourth-order valence-corrected chi connectivity index (χ4v) is 7.36. The number of H-pyrrole nitrogens is 1. The first-order chi connectivity index (χ1) is 14.7. The van der Waals surface area contributed by atoms with E-state index in [1.165, 1.54) is 0 Å². The van der Waals surface area contributed by atoms with Crippen LogP contribution in [0.4, 0.5) is 0 Å². The summed E-state index contributed by atoms with van der Waals surface area (Å²) in [7, 11) is -2.90. The number of halogens is 1. The summed E-state index contributed by atoms with van der Waals surface area (Å²) in [5.74, 6) is 1.51. The molecular formula is C23H31ClN2O4S. The summed E-state index contributed by atoms with van der Waals surface area (Å²) in [6, 6.07) is 5.39. The first kappa shape index (κ1) is 22.6.